The number of rotatable bonds is 2. The number of methoxy groups -OCH3 is 1. The van der Waals surface area contributed by atoms with Crippen molar-refractivity contribution in [2.75, 3.05) is 7.11 Å². The Labute approximate surface area is 191 Å². The van der Waals surface area contributed by atoms with Crippen molar-refractivity contribution in [2.45, 2.75) is 46.1 Å². The van der Waals surface area contributed by atoms with E-state index in [-0.39, 0.29) is 17.3 Å². The number of ether oxygens (including phenoxy) is 3. The molecule has 33 heavy (non-hydrogen) atoms. The molecule has 2 heterocycles. The van der Waals surface area contributed by atoms with Gasteiger partial charge in [0, 0.05) is 46.6 Å². The fourth-order valence-corrected chi connectivity index (χ4v) is 5.08. The highest BCUT2D eigenvalue weighted by molar-refractivity contribution is 6.06. The summed E-state index contributed by atoms with van der Waals surface area (Å²) in [6, 6.07) is 9.48. The van der Waals surface area contributed by atoms with E-state index in [1.165, 1.54) is 14.0 Å². The lowest BCUT2D eigenvalue weighted by atomic mass is 9.69. The average Bonchev–Trinajstić information content (AvgIpc) is 2.75. The summed E-state index contributed by atoms with van der Waals surface area (Å²) in [7, 11) is 1.47. The number of allylic oxidation sites excluding steroid dienone is 1. The summed E-state index contributed by atoms with van der Waals surface area (Å²) < 4.78 is 17.3. The van der Waals surface area contributed by atoms with Gasteiger partial charge in [-0.3, -0.25) is 9.59 Å². The molecule has 1 aliphatic heterocycles. The Balaban J connectivity index is 1.78. The average molecular weight is 447 g/mol. The van der Waals surface area contributed by atoms with Crippen molar-refractivity contribution in [2.24, 2.45) is 5.41 Å². The summed E-state index contributed by atoms with van der Waals surface area (Å²) in [5.74, 6) is -0.148. The maximum Gasteiger partial charge on any atom is 0.303 e. The normalized spacial score (nSPS) is 21.4. The van der Waals surface area contributed by atoms with Crippen LogP contribution in [0.25, 0.3) is 21.8 Å². The third kappa shape index (κ3) is 3.06. The molecule has 2 atom stereocenters. The van der Waals surface area contributed by atoms with E-state index in [9.17, 15) is 14.7 Å². The molecule has 5 rings (SSSR count). The molecule has 2 unspecified atom stereocenters. The maximum absolute atomic E-state index is 13.6. The highest BCUT2D eigenvalue weighted by Gasteiger charge is 2.50. The highest BCUT2D eigenvalue weighted by Crippen LogP contribution is 2.56. The third-order valence-corrected chi connectivity index (χ3v) is 6.61. The number of carbonyl (C=O) groups excluding carboxylic acids is 2. The molecule has 1 aromatic heterocycles. The monoisotopic (exact) mass is 447 g/mol. The molecule has 0 saturated heterocycles. The Bertz CT molecular complexity index is 1390. The second kappa shape index (κ2) is 7.20. The molecule has 7 nitrogen and oxygen atoms in total. The molecule has 0 amide bonds. The number of ketones is 1. The van der Waals surface area contributed by atoms with Crippen LogP contribution >= 0.6 is 0 Å². The van der Waals surface area contributed by atoms with Gasteiger partial charge in [0.15, 0.2) is 17.6 Å². The number of hydrogen-bond donors (Lipinski definition) is 1. The Morgan fingerprint density at radius 2 is 2.00 bits per heavy atom. The van der Waals surface area contributed by atoms with Crippen LogP contribution in [0.4, 0.5) is 0 Å². The summed E-state index contributed by atoms with van der Waals surface area (Å²) in [6.45, 7) is 6.95. The second-order valence-corrected chi connectivity index (χ2v) is 9.38. The second-order valence-electron chi connectivity index (χ2n) is 9.38. The summed E-state index contributed by atoms with van der Waals surface area (Å²) >= 11 is 0. The Kier molecular flexibility index (Phi) is 4.64. The number of aromatic nitrogens is 1. The minimum atomic E-state index is -0.902. The zero-order valence-electron chi connectivity index (χ0n) is 19.2. The van der Waals surface area contributed by atoms with Crippen LogP contribution in [0.2, 0.25) is 0 Å². The van der Waals surface area contributed by atoms with Crippen molar-refractivity contribution < 1.29 is 28.9 Å². The number of nitrogens with zero attached hydrogens (tertiary/aromatic N) is 1. The lowest BCUT2D eigenvalue weighted by Gasteiger charge is -2.41. The van der Waals surface area contributed by atoms with Gasteiger partial charge in [-0.25, -0.2) is 4.98 Å². The first kappa shape index (κ1) is 21.2. The first-order chi connectivity index (χ1) is 15.6. The van der Waals surface area contributed by atoms with E-state index in [1.54, 1.807) is 0 Å². The van der Waals surface area contributed by atoms with Crippen LogP contribution in [0.15, 0.2) is 41.7 Å². The van der Waals surface area contributed by atoms with Crippen molar-refractivity contribution in [3.8, 4) is 17.2 Å². The van der Waals surface area contributed by atoms with Crippen LogP contribution in [-0.2, 0) is 14.3 Å². The lowest BCUT2D eigenvalue weighted by Crippen LogP contribution is -2.47. The van der Waals surface area contributed by atoms with Crippen molar-refractivity contribution >= 4 is 33.6 Å². The molecule has 0 fully saturated rings. The van der Waals surface area contributed by atoms with Crippen LogP contribution in [-0.4, -0.2) is 35.1 Å². The van der Waals surface area contributed by atoms with Gasteiger partial charge in [0.1, 0.15) is 5.76 Å². The molecule has 3 aromatic rings. The zero-order chi connectivity index (χ0) is 23.7. The number of hydrogen-bond acceptors (Lipinski definition) is 7. The highest BCUT2D eigenvalue weighted by atomic mass is 16.5. The Morgan fingerprint density at radius 1 is 1.27 bits per heavy atom. The molecule has 0 bridgehead atoms. The van der Waals surface area contributed by atoms with E-state index in [2.05, 4.69) is 0 Å². The van der Waals surface area contributed by atoms with Gasteiger partial charge in [-0.05, 0) is 12.1 Å². The number of para-hydroxylation sites is 1. The van der Waals surface area contributed by atoms with Crippen LogP contribution in [0.3, 0.4) is 0 Å². The molecule has 0 saturated carbocycles. The number of phenols is 1. The molecule has 1 N–H and O–H groups in total. The minimum Gasteiger partial charge on any atom is -0.504 e. The van der Waals surface area contributed by atoms with Gasteiger partial charge in [0.25, 0.3) is 0 Å². The number of aromatic hydroxyl groups is 1. The minimum absolute atomic E-state index is 0.0556. The van der Waals surface area contributed by atoms with E-state index < -0.39 is 23.4 Å². The van der Waals surface area contributed by atoms with Crippen LogP contribution in [0.5, 0.6) is 17.2 Å². The van der Waals surface area contributed by atoms with Crippen molar-refractivity contribution in [1.29, 1.82) is 0 Å². The molecule has 0 spiro atoms. The van der Waals surface area contributed by atoms with E-state index >= 15 is 0 Å². The largest absolute Gasteiger partial charge is 0.504 e. The predicted molar refractivity (Wildman–Crippen MR) is 122 cm³/mol. The van der Waals surface area contributed by atoms with Gasteiger partial charge in [-0.1, -0.05) is 39.0 Å². The molecular weight excluding hydrogens is 422 g/mol. The smallest absolute Gasteiger partial charge is 0.303 e. The zero-order valence-corrected chi connectivity index (χ0v) is 19.2. The fourth-order valence-electron chi connectivity index (χ4n) is 5.08. The summed E-state index contributed by atoms with van der Waals surface area (Å²) in [6.07, 6.45) is -0.511. The van der Waals surface area contributed by atoms with Gasteiger partial charge >= 0.3 is 5.97 Å². The maximum atomic E-state index is 13.6. The number of benzene rings is 2. The van der Waals surface area contributed by atoms with Gasteiger partial charge in [-0.15, -0.1) is 0 Å². The standard InChI is InChI=1S/C26H25NO6/c1-12-18-17(11-26(3,4)25(22(18)30)32-13(2)28)33-23-19(12)20-15(21(29)24(23)31-5)10-14-8-6-7-9-16(14)27-20/h6-10,12,25,29H,11H2,1-5H3. The fraction of sp³-hybridized carbons (Fsp3) is 0.346. The third-order valence-electron chi connectivity index (χ3n) is 6.61. The summed E-state index contributed by atoms with van der Waals surface area (Å²) in [4.78, 5) is 30.1. The number of carbonyl (C=O) groups is 2. The summed E-state index contributed by atoms with van der Waals surface area (Å²) in [5, 5.41) is 12.4. The van der Waals surface area contributed by atoms with Crippen molar-refractivity contribution in [3.63, 3.8) is 0 Å². The van der Waals surface area contributed by atoms with Crippen LogP contribution < -0.4 is 9.47 Å². The lowest BCUT2D eigenvalue weighted by molar-refractivity contribution is -0.160. The molecule has 2 aliphatic rings. The van der Waals surface area contributed by atoms with Crippen LogP contribution in [0, 0.1) is 5.41 Å². The van der Waals surface area contributed by atoms with Gasteiger partial charge < -0.3 is 19.3 Å². The Hall–Kier alpha value is -3.61. The van der Waals surface area contributed by atoms with Crippen LogP contribution in [0.1, 0.15) is 45.6 Å². The van der Waals surface area contributed by atoms with Crippen molar-refractivity contribution in [3.05, 3.63) is 47.2 Å². The predicted octanol–water partition coefficient (Wildman–Crippen LogP) is 4.78. The first-order valence-corrected chi connectivity index (χ1v) is 10.9. The van der Waals surface area contributed by atoms with E-state index in [0.29, 0.717) is 40.0 Å². The number of Topliss-reactive ketones (excluding diaryl/α,β-unsaturated/α-hetero) is 1. The number of esters is 1. The van der Waals surface area contributed by atoms with Gasteiger partial charge in [-0.2, -0.15) is 0 Å². The topological polar surface area (TPSA) is 95.0 Å². The van der Waals surface area contributed by atoms with E-state index in [0.717, 1.165) is 10.9 Å². The first-order valence-electron chi connectivity index (χ1n) is 10.9. The van der Waals surface area contributed by atoms with E-state index in [1.807, 2.05) is 51.1 Å². The quantitative estimate of drug-likeness (QED) is 0.446. The van der Waals surface area contributed by atoms with Crippen molar-refractivity contribution in [1.82, 2.24) is 4.98 Å². The molecular formula is C26H25NO6. The van der Waals surface area contributed by atoms with E-state index in [4.69, 9.17) is 19.2 Å². The molecule has 0 radical (unpaired) electrons. The SMILES string of the molecule is COc1c2c(c3nc4ccccc4cc3c1O)C(C)C1=C(CC(C)(C)C(OC(C)=O)C1=O)O2. The van der Waals surface area contributed by atoms with Gasteiger partial charge in [0.05, 0.1) is 18.1 Å². The molecule has 7 heteroatoms. The number of phenolic OH excluding ortho intramolecular Hbond substituents is 1. The molecule has 1 aliphatic carbocycles. The summed E-state index contributed by atoms with van der Waals surface area (Å²) in [5.41, 5.74) is 1.79. The Morgan fingerprint density at radius 3 is 2.70 bits per heavy atom. The molecule has 2 aromatic carbocycles. The molecule has 170 valence electrons. The number of pyridine rings is 1. The number of fused-ring (bicyclic) bond motifs is 4. The van der Waals surface area contributed by atoms with Gasteiger partial charge in [0.2, 0.25) is 11.5 Å².